The molecule has 0 saturated carbocycles. The Morgan fingerprint density at radius 1 is 0.655 bits per heavy atom. The summed E-state index contributed by atoms with van der Waals surface area (Å²) >= 11 is 0. The fraction of sp³-hybridized carbons (Fsp3) is 0.250. The third-order valence-electron chi connectivity index (χ3n) is 4.10. The number of benzene rings is 3. The van der Waals surface area contributed by atoms with Gasteiger partial charge in [-0.15, -0.1) is 0 Å². The molecule has 5 heteroatoms. The van der Waals surface area contributed by atoms with Gasteiger partial charge in [0.2, 0.25) is 0 Å². The molecule has 0 unspecified atom stereocenters. The molecular formula is C24H26F4O. The van der Waals surface area contributed by atoms with E-state index in [4.69, 9.17) is 0 Å². The van der Waals surface area contributed by atoms with Crippen LogP contribution in [-0.2, 0) is 0 Å². The van der Waals surface area contributed by atoms with Crippen molar-refractivity contribution < 1.29 is 22.3 Å². The van der Waals surface area contributed by atoms with Gasteiger partial charge in [0, 0.05) is 11.6 Å². The van der Waals surface area contributed by atoms with Gasteiger partial charge in [-0.1, -0.05) is 37.6 Å². The zero-order valence-electron chi connectivity index (χ0n) is 17.5. The molecule has 0 aliphatic rings. The molecule has 0 aliphatic carbocycles. The van der Waals surface area contributed by atoms with E-state index in [-0.39, 0.29) is 5.56 Å². The Morgan fingerprint density at radius 2 is 1.24 bits per heavy atom. The van der Waals surface area contributed by atoms with E-state index in [1.54, 1.807) is 0 Å². The van der Waals surface area contributed by atoms with Gasteiger partial charge in [-0.25, -0.2) is 17.6 Å². The second kappa shape index (κ2) is 11.2. The zero-order chi connectivity index (χ0) is 22.1. The van der Waals surface area contributed by atoms with Gasteiger partial charge in [-0.3, -0.25) is 0 Å². The van der Waals surface area contributed by atoms with Crippen molar-refractivity contribution in [3.63, 3.8) is 0 Å². The van der Waals surface area contributed by atoms with E-state index >= 15 is 0 Å². The first-order valence-electron chi connectivity index (χ1n) is 9.25. The molecule has 3 aromatic rings. The van der Waals surface area contributed by atoms with E-state index in [0.717, 1.165) is 28.8 Å². The van der Waals surface area contributed by atoms with Gasteiger partial charge in [0.1, 0.15) is 17.4 Å². The molecule has 0 atom stereocenters. The Bertz CT molecular complexity index is 929. The first-order chi connectivity index (χ1) is 13.7. The molecular weight excluding hydrogens is 380 g/mol. The lowest BCUT2D eigenvalue weighted by Crippen LogP contribution is -1.92. The highest BCUT2D eigenvalue weighted by molar-refractivity contribution is 5.68. The summed E-state index contributed by atoms with van der Waals surface area (Å²) in [6.45, 7) is 9.38. The van der Waals surface area contributed by atoms with Gasteiger partial charge in [0.05, 0.1) is 7.11 Å². The minimum atomic E-state index is -0.889. The third-order valence-corrected chi connectivity index (χ3v) is 4.10. The van der Waals surface area contributed by atoms with Crippen LogP contribution in [0.1, 0.15) is 30.5 Å². The summed E-state index contributed by atoms with van der Waals surface area (Å²) < 4.78 is 56.2. The van der Waals surface area contributed by atoms with Crippen LogP contribution in [0.3, 0.4) is 0 Å². The van der Waals surface area contributed by atoms with Gasteiger partial charge in [0.25, 0.3) is 0 Å². The van der Waals surface area contributed by atoms with Crippen LogP contribution in [-0.4, -0.2) is 7.11 Å². The topological polar surface area (TPSA) is 9.23 Å². The molecule has 0 aliphatic heterocycles. The van der Waals surface area contributed by atoms with E-state index < -0.39 is 23.3 Å². The first kappa shape index (κ1) is 24.2. The average Bonchev–Trinajstić information content (AvgIpc) is 2.70. The van der Waals surface area contributed by atoms with Gasteiger partial charge in [-0.05, 0) is 61.7 Å². The van der Waals surface area contributed by atoms with Crippen molar-refractivity contribution >= 4 is 0 Å². The third kappa shape index (κ3) is 6.63. The summed E-state index contributed by atoms with van der Waals surface area (Å²) in [5.74, 6) is -2.43. The molecule has 0 heterocycles. The quantitative estimate of drug-likeness (QED) is 0.399. The Kier molecular flexibility index (Phi) is 9.39. The number of halogens is 4. The second-order valence-electron chi connectivity index (χ2n) is 6.16. The number of aryl methyl sites for hydroxylation is 2. The van der Waals surface area contributed by atoms with Crippen molar-refractivity contribution in [1.82, 2.24) is 0 Å². The molecule has 0 fully saturated rings. The summed E-state index contributed by atoms with van der Waals surface area (Å²) in [5.41, 5.74) is 3.68. The van der Waals surface area contributed by atoms with Crippen LogP contribution in [0.15, 0.2) is 48.5 Å². The largest absolute Gasteiger partial charge is 0.497 e. The molecule has 0 amide bonds. The number of rotatable bonds is 2. The van der Waals surface area contributed by atoms with Crippen LogP contribution in [0.4, 0.5) is 17.6 Å². The lowest BCUT2D eigenvalue weighted by atomic mass is 9.97. The highest BCUT2D eigenvalue weighted by Crippen LogP contribution is 2.27. The zero-order valence-corrected chi connectivity index (χ0v) is 17.5. The predicted molar refractivity (Wildman–Crippen MR) is 110 cm³/mol. The van der Waals surface area contributed by atoms with Crippen molar-refractivity contribution in [3.05, 3.63) is 88.5 Å². The molecule has 0 N–H and O–H groups in total. The molecule has 0 saturated heterocycles. The van der Waals surface area contributed by atoms with Crippen molar-refractivity contribution in [2.75, 3.05) is 7.11 Å². The molecule has 0 aromatic heterocycles. The van der Waals surface area contributed by atoms with Crippen molar-refractivity contribution in [1.29, 1.82) is 0 Å². The maximum atomic E-state index is 13.5. The Labute approximate surface area is 170 Å². The minimum absolute atomic E-state index is 0.0681. The SMILES string of the molecule is CC.COc1ccc(F)c(F)c1.Cc1ccc(-c2cc(F)c(C)c(F)c2)c(C)c1. The second-order valence-corrected chi connectivity index (χ2v) is 6.16. The van der Waals surface area contributed by atoms with Crippen molar-refractivity contribution in [2.45, 2.75) is 34.6 Å². The number of hydrogen-bond acceptors (Lipinski definition) is 1. The molecule has 29 heavy (non-hydrogen) atoms. The van der Waals surface area contributed by atoms with E-state index in [2.05, 4.69) is 4.74 Å². The first-order valence-corrected chi connectivity index (χ1v) is 9.25. The van der Waals surface area contributed by atoms with Crippen molar-refractivity contribution in [3.8, 4) is 16.9 Å². The molecule has 3 aromatic carbocycles. The molecule has 1 nitrogen and oxygen atoms in total. The molecule has 0 radical (unpaired) electrons. The summed E-state index contributed by atoms with van der Waals surface area (Å²) in [6, 6.07) is 12.0. The summed E-state index contributed by atoms with van der Waals surface area (Å²) in [5, 5.41) is 0. The number of methoxy groups -OCH3 is 1. The maximum absolute atomic E-state index is 13.5. The minimum Gasteiger partial charge on any atom is -0.497 e. The fourth-order valence-corrected chi connectivity index (χ4v) is 2.54. The molecule has 156 valence electrons. The van der Waals surface area contributed by atoms with Crippen LogP contribution >= 0.6 is 0 Å². The predicted octanol–water partition coefficient (Wildman–Crippen LogP) is 7.56. The average molecular weight is 406 g/mol. The van der Waals surface area contributed by atoms with Gasteiger partial charge < -0.3 is 4.74 Å². The van der Waals surface area contributed by atoms with Gasteiger partial charge in [-0.2, -0.15) is 0 Å². The van der Waals surface area contributed by atoms with Crippen LogP contribution in [0.2, 0.25) is 0 Å². The highest BCUT2D eigenvalue weighted by atomic mass is 19.2. The summed E-state index contributed by atoms with van der Waals surface area (Å²) in [6.07, 6.45) is 0. The summed E-state index contributed by atoms with van der Waals surface area (Å²) in [7, 11) is 1.40. The molecule has 0 spiro atoms. The normalized spacial score (nSPS) is 9.72. The van der Waals surface area contributed by atoms with E-state index in [9.17, 15) is 17.6 Å². The highest BCUT2D eigenvalue weighted by Gasteiger charge is 2.09. The molecule has 3 rings (SSSR count). The van der Waals surface area contributed by atoms with E-state index in [1.165, 1.54) is 32.2 Å². The van der Waals surface area contributed by atoms with E-state index in [0.29, 0.717) is 11.3 Å². The van der Waals surface area contributed by atoms with Gasteiger partial charge in [0.15, 0.2) is 11.6 Å². The Morgan fingerprint density at radius 3 is 1.72 bits per heavy atom. The Balaban J connectivity index is 0.000000299. The lowest BCUT2D eigenvalue weighted by molar-refractivity contribution is 0.406. The monoisotopic (exact) mass is 406 g/mol. The standard InChI is InChI=1S/C15H14F2.C7H6F2O.C2H6/c1-9-4-5-13(10(2)6-9)12-7-14(16)11(3)15(17)8-12;1-10-5-2-3-6(8)7(9)4-5;1-2/h4-8H,1-3H3;2-4H,1H3;1-2H3. The van der Waals surface area contributed by atoms with Crippen LogP contribution in [0.25, 0.3) is 11.1 Å². The lowest BCUT2D eigenvalue weighted by Gasteiger charge is -2.09. The maximum Gasteiger partial charge on any atom is 0.162 e. The van der Waals surface area contributed by atoms with Crippen LogP contribution < -0.4 is 4.74 Å². The fourth-order valence-electron chi connectivity index (χ4n) is 2.54. The van der Waals surface area contributed by atoms with Crippen LogP contribution in [0.5, 0.6) is 5.75 Å². The number of hydrogen-bond donors (Lipinski definition) is 0. The van der Waals surface area contributed by atoms with Crippen LogP contribution in [0, 0.1) is 44.0 Å². The van der Waals surface area contributed by atoms with Crippen molar-refractivity contribution in [2.24, 2.45) is 0 Å². The Hall–Kier alpha value is -2.82. The number of ether oxygens (including phenoxy) is 1. The molecule has 0 bridgehead atoms. The summed E-state index contributed by atoms with van der Waals surface area (Å²) in [4.78, 5) is 0. The van der Waals surface area contributed by atoms with E-state index in [1.807, 2.05) is 45.9 Å². The smallest absolute Gasteiger partial charge is 0.162 e. The van der Waals surface area contributed by atoms with Gasteiger partial charge >= 0.3 is 0 Å².